The molecule has 4 rings (SSSR count). The van der Waals surface area contributed by atoms with Gasteiger partial charge in [-0.1, -0.05) is 24.3 Å². The van der Waals surface area contributed by atoms with Crippen molar-refractivity contribution in [3.8, 4) is 23.1 Å². The van der Waals surface area contributed by atoms with Crippen molar-refractivity contribution in [1.29, 1.82) is 5.26 Å². The van der Waals surface area contributed by atoms with Crippen LogP contribution in [0.15, 0.2) is 42.5 Å². The van der Waals surface area contributed by atoms with Gasteiger partial charge >= 0.3 is 6.09 Å². The summed E-state index contributed by atoms with van der Waals surface area (Å²) in [5.74, 6) is -4.74. The molecule has 10 nitrogen and oxygen atoms in total. The first-order valence-corrected chi connectivity index (χ1v) is 10.9. The molecule has 2 aromatic carbocycles. The Morgan fingerprint density at radius 2 is 2.05 bits per heavy atom. The van der Waals surface area contributed by atoms with Crippen molar-refractivity contribution in [2.75, 3.05) is 25.9 Å². The van der Waals surface area contributed by atoms with Crippen molar-refractivity contribution in [2.24, 2.45) is 0 Å². The highest BCUT2D eigenvalue weighted by Crippen LogP contribution is 2.40. The van der Waals surface area contributed by atoms with E-state index in [1.54, 1.807) is 30.3 Å². The summed E-state index contributed by atoms with van der Waals surface area (Å²) in [7, 11) is 1.42. The molecule has 1 saturated heterocycles. The fourth-order valence-corrected chi connectivity index (χ4v) is 4.11. The second kappa shape index (κ2) is 9.73. The molecular formula is C24H21F3N6O4. The molecule has 1 aliphatic heterocycles. The number of para-hydroxylation sites is 1. The third-order valence-electron chi connectivity index (χ3n) is 6.03. The Balaban J connectivity index is 1.59. The first-order valence-electron chi connectivity index (χ1n) is 10.9. The molecule has 192 valence electrons. The minimum Gasteiger partial charge on any atom is -0.496 e. The quantitative estimate of drug-likeness (QED) is 0.458. The molecule has 0 spiro atoms. The van der Waals surface area contributed by atoms with Crippen molar-refractivity contribution in [1.82, 2.24) is 20.0 Å². The number of amides is 2. The van der Waals surface area contributed by atoms with Crippen LogP contribution in [0, 0.1) is 17.1 Å². The maximum atomic E-state index is 14.9. The van der Waals surface area contributed by atoms with Gasteiger partial charge in [0.25, 0.3) is 11.8 Å². The third kappa shape index (κ3) is 4.73. The zero-order chi connectivity index (χ0) is 26.9. The number of hydrogen-bond donors (Lipinski definition) is 3. The minimum atomic E-state index is -3.49. The number of rotatable bonds is 6. The van der Waals surface area contributed by atoms with Crippen LogP contribution in [0.25, 0.3) is 11.3 Å². The number of alkyl halides is 2. The Kier molecular flexibility index (Phi) is 6.67. The summed E-state index contributed by atoms with van der Waals surface area (Å²) in [6.07, 6.45) is -1.52. The predicted molar refractivity (Wildman–Crippen MR) is 124 cm³/mol. The van der Waals surface area contributed by atoms with Crippen LogP contribution in [0.2, 0.25) is 0 Å². The van der Waals surface area contributed by atoms with Gasteiger partial charge in [-0.15, -0.1) is 0 Å². The van der Waals surface area contributed by atoms with Crippen LogP contribution >= 0.6 is 0 Å². The second-order valence-electron chi connectivity index (χ2n) is 8.29. The molecule has 37 heavy (non-hydrogen) atoms. The number of nitrogens with zero attached hydrogens (tertiary/aromatic N) is 4. The third-order valence-corrected chi connectivity index (χ3v) is 6.03. The summed E-state index contributed by atoms with van der Waals surface area (Å²) >= 11 is 0. The number of methoxy groups -OCH3 is 1. The monoisotopic (exact) mass is 514 g/mol. The average Bonchev–Trinajstić information content (AvgIpc) is 3.37. The molecule has 1 aliphatic rings. The maximum absolute atomic E-state index is 14.9. The topological polar surface area (TPSA) is 146 Å². The number of carboxylic acid groups (broad SMARTS) is 1. The summed E-state index contributed by atoms with van der Waals surface area (Å²) in [6, 6.07) is 10.4. The van der Waals surface area contributed by atoms with Gasteiger partial charge in [-0.3, -0.25) is 9.69 Å². The zero-order valence-corrected chi connectivity index (χ0v) is 19.4. The first kappa shape index (κ1) is 25.4. The van der Waals surface area contributed by atoms with Crippen LogP contribution in [-0.2, 0) is 6.54 Å². The number of nitrogens with two attached hydrogens (primary N) is 1. The Morgan fingerprint density at radius 3 is 2.68 bits per heavy atom. The number of carbonyl (C=O) groups excluding carboxylic acids is 1. The summed E-state index contributed by atoms with van der Waals surface area (Å²) in [5.41, 5.74) is 6.04. The minimum absolute atomic E-state index is 0.0932. The number of nitrogen functional groups attached to an aromatic ring is 1. The highest BCUT2D eigenvalue weighted by atomic mass is 19.3. The number of carbonyl (C=O) groups is 2. The maximum Gasteiger partial charge on any atom is 0.407 e. The molecule has 4 N–H and O–H groups in total. The lowest BCUT2D eigenvalue weighted by molar-refractivity contribution is -0.0236. The molecule has 0 bridgehead atoms. The van der Waals surface area contributed by atoms with E-state index in [9.17, 15) is 28.0 Å². The van der Waals surface area contributed by atoms with Crippen LogP contribution in [0.5, 0.6) is 5.75 Å². The molecule has 0 saturated carbocycles. The van der Waals surface area contributed by atoms with Crippen molar-refractivity contribution in [2.45, 2.75) is 18.5 Å². The van der Waals surface area contributed by atoms with E-state index >= 15 is 0 Å². The fraction of sp³-hybridized carbons (Fsp3) is 0.250. The van der Waals surface area contributed by atoms with Crippen LogP contribution in [0.1, 0.15) is 27.5 Å². The number of likely N-dealkylation sites (tertiary alicyclic amines) is 1. The average molecular weight is 514 g/mol. The lowest BCUT2D eigenvalue weighted by atomic mass is 10.1. The van der Waals surface area contributed by atoms with Gasteiger partial charge in [-0.25, -0.2) is 22.6 Å². The number of ether oxygens (including phenoxy) is 1. The van der Waals surface area contributed by atoms with E-state index in [0.717, 1.165) is 10.7 Å². The van der Waals surface area contributed by atoms with Gasteiger partial charge in [-0.2, -0.15) is 10.4 Å². The Hall–Kier alpha value is -4.73. The fourth-order valence-electron chi connectivity index (χ4n) is 4.11. The van der Waals surface area contributed by atoms with Gasteiger partial charge in [0, 0.05) is 17.7 Å². The second-order valence-corrected chi connectivity index (χ2v) is 8.29. The summed E-state index contributed by atoms with van der Waals surface area (Å²) in [4.78, 5) is 24.2. The molecule has 13 heteroatoms. The lowest BCUT2D eigenvalue weighted by Crippen LogP contribution is -2.31. The number of hydrogen-bond acceptors (Lipinski definition) is 6. The Bertz CT molecular complexity index is 1420. The van der Waals surface area contributed by atoms with Gasteiger partial charge in [0.2, 0.25) is 0 Å². The van der Waals surface area contributed by atoms with Crippen LogP contribution < -0.4 is 15.8 Å². The van der Waals surface area contributed by atoms with Gasteiger partial charge in [-0.05, 0) is 18.2 Å². The van der Waals surface area contributed by atoms with Crippen molar-refractivity contribution >= 4 is 17.8 Å². The molecular weight excluding hydrogens is 493 g/mol. The van der Waals surface area contributed by atoms with Crippen LogP contribution in [0.4, 0.5) is 23.8 Å². The van der Waals surface area contributed by atoms with E-state index in [1.807, 2.05) is 0 Å². The number of nitrogens with one attached hydrogen (secondary N) is 1. The summed E-state index contributed by atoms with van der Waals surface area (Å²) in [5, 5.41) is 25.3. The number of aromatic nitrogens is 2. The Morgan fingerprint density at radius 1 is 1.32 bits per heavy atom. The number of anilines is 1. The number of nitriles is 1. The van der Waals surface area contributed by atoms with Crippen LogP contribution in [0.3, 0.4) is 0 Å². The van der Waals surface area contributed by atoms with Crippen molar-refractivity contribution < 1.29 is 32.6 Å². The number of halogens is 3. The van der Waals surface area contributed by atoms with E-state index < -0.39 is 42.9 Å². The SMILES string of the molecule is COc1ccccc1C(=O)NCc1ccc(-c2nn(C3CN(C(=O)O)CC3(F)F)c(N)c2C#N)cc1F. The smallest absolute Gasteiger partial charge is 0.407 e. The molecule has 2 amide bonds. The van der Waals surface area contributed by atoms with Crippen molar-refractivity contribution in [3.05, 3.63) is 65.0 Å². The molecule has 2 heterocycles. The van der Waals surface area contributed by atoms with Crippen molar-refractivity contribution in [3.63, 3.8) is 0 Å². The van der Waals surface area contributed by atoms with E-state index in [-0.39, 0.29) is 40.3 Å². The normalized spacial score (nSPS) is 16.3. The standard InChI is InChI=1S/C24H21F3N6O4/c1-37-18-5-3-2-4-15(18)22(34)30-10-14-7-6-13(8-17(14)25)20-16(9-28)21(29)33(31-20)19-11-32(23(35)36)12-24(19,26)27/h2-8,19H,10-12,29H2,1H3,(H,30,34)(H,35,36). The predicted octanol–water partition coefficient (Wildman–Crippen LogP) is 3.25. The number of benzene rings is 2. The van der Waals surface area contributed by atoms with E-state index in [1.165, 1.54) is 19.2 Å². The Labute approximate surface area is 208 Å². The van der Waals surface area contributed by atoms with Gasteiger partial charge < -0.3 is 20.9 Å². The molecule has 1 fully saturated rings. The van der Waals surface area contributed by atoms with E-state index in [4.69, 9.17) is 15.6 Å². The molecule has 1 aromatic heterocycles. The summed E-state index contributed by atoms with van der Waals surface area (Å²) < 4.78 is 49.9. The van der Waals surface area contributed by atoms with E-state index in [0.29, 0.717) is 10.6 Å². The van der Waals surface area contributed by atoms with Gasteiger partial charge in [0.15, 0.2) is 0 Å². The lowest BCUT2D eigenvalue weighted by Gasteiger charge is -2.18. The zero-order valence-electron chi connectivity index (χ0n) is 19.4. The first-order chi connectivity index (χ1) is 17.6. The van der Waals surface area contributed by atoms with E-state index in [2.05, 4.69) is 10.4 Å². The molecule has 0 radical (unpaired) electrons. The largest absolute Gasteiger partial charge is 0.496 e. The molecule has 3 aromatic rings. The molecule has 0 aliphatic carbocycles. The highest BCUT2D eigenvalue weighted by Gasteiger charge is 2.52. The highest BCUT2D eigenvalue weighted by molar-refractivity contribution is 5.96. The van der Waals surface area contributed by atoms with Crippen LogP contribution in [-0.4, -0.2) is 57.9 Å². The molecule has 1 unspecified atom stereocenters. The van der Waals surface area contributed by atoms with Gasteiger partial charge in [0.1, 0.15) is 40.8 Å². The van der Waals surface area contributed by atoms with Gasteiger partial charge in [0.05, 0.1) is 25.8 Å². The molecule has 1 atom stereocenters. The summed E-state index contributed by atoms with van der Waals surface area (Å²) in [6.45, 7) is -1.80.